The molecule has 134 valence electrons. The number of piperazine rings is 1. The SMILES string of the molecule is CCCCOc1ccc(F)c(COC(=O)N2[C@H](C)CNC[C@@H]2C)c1. The number of benzene rings is 1. The highest BCUT2D eigenvalue weighted by Gasteiger charge is 2.30. The molecule has 0 radical (unpaired) electrons. The van der Waals surface area contributed by atoms with E-state index in [0.717, 1.165) is 25.9 Å². The Morgan fingerprint density at radius 2 is 2.04 bits per heavy atom. The van der Waals surface area contributed by atoms with E-state index in [4.69, 9.17) is 9.47 Å². The lowest BCUT2D eigenvalue weighted by Crippen LogP contribution is -2.57. The maximum atomic E-state index is 13.9. The third-order valence-electron chi connectivity index (χ3n) is 4.17. The van der Waals surface area contributed by atoms with E-state index < -0.39 is 11.9 Å². The first-order chi connectivity index (χ1) is 11.5. The minimum atomic E-state index is -0.409. The van der Waals surface area contributed by atoms with Crippen LogP contribution in [0.5, 0.6) is 5.75 Å². The molecule has 0 saturated carbocycles. The predicted molar refractivity (Wildman–Crippen MR) is 90.6 cm³/mol. The number of hydrogen-bond acceptors (Lipinski definition) is 4. The highest BCUT2D eigenvalue weighted by atomic mass is 19.1. The number of carbonyl (C=O) groups excluding carboxylic acids is 1. The second-order valence-corrected chi connectivity index (χ2v) is 6.27. The number of rotatable bonds is 6. The van der Waals surface area contributed by atoms with Crippen molar-refractivity contribution in [1.29, 1.82) is 0 Å². The van der Waals surface area contributed by atoms with E-state index in [9.17, 15) is 9.18 Å². The van der Waals surface area contributed by atoms with Gasteiger partial charge in [0.15, 0.2) is 0 Å². The summed E-state index contributed by atoms with van der Waals surface area (Å²) in [7, 11) is 0. The average molecular weight is 338 g/mol. The summed E-state index contributed by atoms with van der Waals surface area (Å²) in [4.78, 5) is 14.0. The Hall–Kier alpha value is -1.82. The first kappa shape index (κ1) is 18.5. The van der Waals surface area contributed by atoms with E-state index in [0.29, 0.717) is 17.9 Å². The van der Waals surface area contributed by atoms with Gasteiger partial charge >= 0.3 is 6.09 Å². The number of hydrogen-bond donors (Lipinski definition) is 1. The van der Waals surface area contributed by atoms with Crippen molar-refractivity contribution in [3.8, 4) is 5.75 Å². The van der Waals surface area contributed by atoms with Crippen LogP contribution in [0, 0.1) is 5.82 Å². The van der Waals surface area contributed by atoms with Crippen LogP contribution in [0.1, 0.15) is 39.2 Å². The Morgan fingerprint density at radius 3 is 2.71 bits per heavy atom. The van der Waals surface area contributed by atoms with Crippen LogP contribution in [-0.2, 0) is 11.3 Å². The van der Waals surface area contributed by atoms with E-state index in [1.807, 2.05) is 13.8 Å². The number of carbonyl (C=O) groups is 1. The summed E-state index contributed by atoms with van der Waals surface area (Å²) in [5.41, 5.74) is 0.327. The van der Waals surface area contributed by atoms with Crippen molar-refractivity contribution in [3.05, 3.63) is 29.6 Å². The largest absolute Gasteiger partial charge is 0.494 e. The summed E-state index contributed by atoms with van der Waals surface area (Å²) in [6.07, 6.45) is 1.57. The van der Waals surface area contributed by atoms with Crippen molar-refractivity contribution in [1.82, 2.24) is 10.2 Å². The first-order valence-corrected chi connectivity index (χ1v) is 8.60. The van der Waals surface area contributed by atoms with Crippen molar-refractivity contribution in [3.63, 3.8) is 0 Å². The van der Waals surface area contributed by atoms with Gasteiger partial charge in [-0.25, -0.2) is 9.18 Å². The molecule has 6 heteroatoms. The van der Waals surface area contributed by atoms with Gasteiger partial charge < -0.3 is 19.7 Å². The smallest absolute Gasteiger partial charge is 0.410 e. The molecule has 1 saturated heterocycles. The second-order valence-electron chi connectivity index (χ2n) is 6.27. The lowest BCUT2D eigenvalue weighted by Gasteiger charge is -2.38. The van der Waals surface area contributed by atoms with Gasteiger partial charge in [0.25, 0.3) is 0 Å². The number of halogens is 1. The molecule has 1 N–H and O–H groups in total. The molecule has 0 unspecified atom stereocenters. The molecule has 24 heavy (non-hydrogen) atoms. The Morgan fingerprint density at radius 1 is 1.33 bits per heavy atom. The molecular weight excluding hydrogens is 311 g/mol. The molecule has 2 atom stereocenters. The molecule has 5 nitrogen and oxygen atoms in total. The van der Waals surface area contributed by atoms with Gasteiger partial charge in [0.1, 0.15) is 18.2 Å². The number of ether oxygens (including phenoxy) is 2. The lowest BCUT2D eigenvalue weighted by atomic mass is 10.1. The summed E-state index contributed by atoms with van der Waals surface area (Å²) < 4.78 is 24.8. The summed E-state index contributed by atoms with van der Waals surface area (Å²) in [6.45, 7) is 7.97. The third kappa shape index (κ3) is 4.84. The van der Waals surface area contributed by atoms with Crippen LogP contribution in [-0.4, -0.2) is 42.8 Å². The number of nitrogens with zero attached hydrogens (tertiary/aromatic N) is 1. The van der Waals surface area contributed by atoms with Crippen LogP contribution >= 0.6 is 0 Å². The van der Waals surface area contributed by atoms with Crippen LogP contribution < -0.4 is 10.1 Å². The summed E-state index contributed by atoms with van der Waals surface area (Å²) in [5.74, 6) is 0.201. The number of unbranched alkanes of at least 4 members (excludes halogenated alkanes) is 1. The van der Waals surface area contributed by atoms with Crippen molar-refractivity contribution in [2.45, 2.75) is 52.3 Å². The van der Waals surface area contributed by atoms with Gasteiger partial charge in [0, 0.05) is 30.7 Å². The van der Waals surface area contributed by atoms with Gasteiger partial charge in [-0.15, -0.1) is 0 Å². The zero-order valence-electron chi connectivity index (χ0n) is 14.7. The fraction of sp³-hybridized carbons (Fsp3) is 0.611. The van der Waals surface area contributed by atoms with E-state index in [2.05, 4.69) is 12.2 Å². The zero-order valence-corrected chi connectivity index (χ0v) is 14.7. The van der Waals surface area contributed by atoms with E-state index >= 15 is 0 Å². The quantitative estimate of drug-likeness (QED) is 0.809. The minimum absolute atomic E-state index is 0.0507. The summed E-state index contributed by atoms with van der Waals surface area (Å²) >= 11 is 0. The van der Waals surface area contributed by atoms with Crippen LogP contribution in [0.2, 0.25) is 0 Å². The Labute approximate surface area is 143 Å². The molecule has 0 bridgehead atoms. The van der Waals surface area contributed by atoms with E-state index in [1.165, 1.54) is 6.07 Å². The maximum absolute atomic E-state index is 13.9. The lowest BCUT2D eigenvalue weighted by molar-refractivity contribution is 0.0557. The van der Waals surface area contributed by atoms with Crippen LogP contribution in [0.3, 0.4) is 0 Å². The van der Waals surface area contributed by atoms with Gasteiger partial charge in [-0.3, -0.25) is 0 Å². The maximum Gasteiger partial charge on any atom is 0.410 e. The average Bonchev–Trinajstić information content (AvgIpc) is 2.55. The standard InChI is InChI=1S/C18H27FN2O3/c1-4-5-8-23-16-6-7-17(19)15(9-16)12-24-18(22)21-13(2)10-20-11-14(21)3/h6-7,9,13-14,20H,4-5,8,10-12H2,1-3H3/t13-,14+. The second kappa shape index (κ2) is 8.87. The Bertz CT molecular complexity index is 543. The topological polar surface area (TPSA) is 50.8 Å². The van der Waals surface area contributed by atoms with E-state index in [-0.39, 0.29) is 18.7 Å². The van der Waals surface area contributed by atoms with Gasteiger partial charge in [-0.1, -0.05) is 13.3 Å². The molecule has 1 aromatic carbocycles. The highest BCUT2D eigenvalue weighted by Crippen LogP contribution is 2.19. The minimum Gasteiger partial charge on any atom is -0.494 e. The van der Waals surface area contributed by atoms with Crippen molar-refractivity contribution >= 4 is 6.09 Å². The third-order valence-corrected chi connectivity index (χ3v) is 4.17. The van der Waals surface area contributed by atoms with E-state index in [1.54, 1.807) is 17.0 Å². The van der Waals surface area contributed by atoms with Crippen LogP contribution in [0.4, 0.5) is 9.18 Å². The zero-order chi connectivity index (χ0) is 17.5. The first-order valence-electron chi connectivity index (χ1n) is 8.60. The van der Waals surface area contributed by atoms with Gasteiger partial charge in [0.05, 0.1) is 6.61 Å². The number of amides is 1. The molecule has 1 aromatic rings. The molecule has 0 aliphatic carbocycles. The molecule has 1 fully saturated rings. The van der Waals surface area contributed by atoms with Gasteiger partial charge in [-0.05, 0) is 38.5 Å². The predicted octanol–water partition coefficient (Wildman–Crippen LogP) is 3.32. The molecule has 0 spiro atoms. The van der Waals surface area contributed by atoms with Crippen molar-refractivity contribution in [2.75, 3.05) is 19.7 Å². The highest BCUT2D eigenvalue weighted by molar-refractivity contribution is 5.68. The molecule has 2 rings (SSSR count). The molecular formula is C18H27FN2O3. The molecule has 1 aliphatic heterocycles. The summed E-state index contributed by atoms with van der Waals surface area (Å²) in [6, 6.07) is 4.64. The molecule has 0 aromatic heterocycles. The number of nitrogens with one attached hydrogen (secondary N) is 1. The fourth-order valence-electron chi connectivity index (χ4n) is 2.79. The Kier molecular flexibility index (Phi) is 6.85. The molecule has 1 aliphatic rings. The normalized spacial score (nSPS) is 20.8. The van der Waals surface area contributed by atoms with Gasteiger partial charge in [-0.2, -0.15) is 0 Å². The van der Waals surface area contributed by atoms with Crippen molar-refractivity contribution < 1.29 is 18.7 Å². The Balaban J connectivity index is 1.95. The molecule has 1 amide bonds. The summed E-state index contributed by atoms with van der Waals surface area (Å²) in [5, 5.41) is 3.26. The van der Waals surface area contributed by atoms with Gasteiger partial charge in [0.2, 0.25) is 0 Å². The van der Waals surface area contributed by atoms with Crippen LogP contribution in [0.15, 0.2) is 18.2 Å². The van der Waals surface area contributed by atoms with Crippen molar-refractivity contribution in [2.24, 2.45) is 0 Å². The fourth-order valence-corrected chi connectivity index (χ4v) is 2.79. The van der Waals surface area contributed by atoms with Crippen LogP contribution in [0.25, 0.3) is 0 Å². The monoisotopic (exact) mass is 338 g/mol. The molecule has 1 heterocycles.